The smallest absolute Gasteiger partial charge is 0.0351 e. The zero-order valence-corrected chi connectivity index (χ0v) is 9.01. The molecule has 72 valence electrons. The Balaban J connectivity index is 2.42. The van der Waals surface area contributed by atoms with Crippen molar-refractivity contribution in [2.75, 3.05) is 32.6 Å². The fourth-order valence-corrected chi connectivity index (χ4v) is 2.06. The Labute approximate surface area is 80.5 Å². The lowest BCUT2D eigenvalue weighted by molar-refractivity contribution is 0.0640. The molecular weight excluding hydrogens is 172 g/mol. The first-order valence-corrected chi connectivity index (χ1v) is 5.19. The van der Waals surface area contributed by atoms with Gasteiger partial charge in [-0.2, -0.15) is 0 Å². The number of hydrogen-bond donors (Lipinski definition) is 0. The molecule has 2 atom stereocenters. The average molecular weight is 191 g/mol. The second-order valence-electron chi connectivity index (χ2n) is 3.81. The molecule has 2 nitrogen and oxygen atoms in total. The minimum atomic E-state index is 0.664. The molecule has 1 aliphatic rings. The molecule has 1 heterocycles. The highest BCUT2D eigenvalue weighted by molar-refractivity contribution is 6.18. The van der Waals surface area contributed by atoms with Gasteiger partial charge in [-0.3, -0.25) is 9.80 Å². The maximum Gasteiger partial charge on any atom is 0.0351 e. The summed E-state index contributed by atoms with van der Waals surface area (Å²) in [5, 5.41) is 0. The van der Waals surface area contributed by atoms with Crippen molar-refractivity contribution in [1.29, 1.82) is 0 Å². The molecule has 12 heavy (non-hydrogen) atoms. The number of halogens is 1. The summed E-state index contributed by atoms with van der Waals surface area (Å²) >= 11 is 5.71. The fraction of sp³-hybridized carbons (Fsp3) is 1.00. The van der Waals surface area contributed by atoms with Crippen molar-refractivity contribution in [3.05, 3.63) is 0 Å². The van der Waals surface area contributed by atoms with Gasteiger partial charge in [-0.25, -0.2) is 0 Å². The fourth-order valence-electron chi connectivity index (χ4n) is 1.82. The van der Waals surface area contributed by atoms with Gasteiger partial charge in [-0.05, 0) is 20.9 Å². The van der Waals surface area contributed by atoms with Crippen LogP contribution in [0.15, 0.2) is 0 Å². The summed E-state index contributed by atoms with van der Waals surface area (Å²) in [5.74, 6) is 0.753. The van der Waals surface area contributed by atoms with Crippen molar-refractivity contribution in [2.24, 2.45) is 0 Å². The number of rotatable bonds is 2. The summed E-state index contributed by atoms with van der Waals surface area (Å²) in [6.45, 7) is 7.90. The summed E-state index contributed by atoms with van der Waals surface area (Å²) in [5.41, 5.74) is 0. The largest absolute Gasteiger partial charge is 0.299 e. The predicted octanol–water partition coefficient (Wildman–Crippen LogP) is 1.25. The van der Waals surface area contributed by atoms with Crippen LogP contribution in [0.25, 0.3) is 0 Å². The average Bonchev–Trinajstić information content (AvgIpc) is 2.01. The van der Waals surface area contributed by atoms with Gasteiger partial charge in [0, 0.05) is 37.6 Å². The summed E-state index contributed by atoms with van der Waals surface area (Å²) in [6, 6.07) is 1.33. The highest BCUT2D eigenvalue weighted by Gasteiger charge is 2.25. The maximum absolute atomic E-state index is 5.71. The summed E-state index contributed by atoms with van der Waals surface area (Å²) in [4.78, 5) is 4.88. The molecule has 1 fully saturated rings. The van der Waals surface area contributed by atoms with E-state index in [-0.39, 0.29) is 0 Å². The highest BCUT2D eigenvalue weighted by Crippen LogP contribution is 2.12. The second kappa shape index (κ2) is 4.45. The van der Waals surface area contributed by atoms with Crippen LogP contribution in [0.5, 0.6) is 0 Å². The van der Waals surface area contributed by atoms with E-state index in [2.05, 4.69) is 30.7 Å². The van der Waals surface area contributed by atoms with E-state index in [1.807, 2.05) is 0 Å². The topological polar surface area (TPSA) is 6.48 Å². The first kappa shape index (κ1) is 10.3. The molecule has 1 saturated heterocycles. The van der Waals surface area contributed by atoms with Crippen molar-refractivity contribution < 1.29 is 0 Å². The van der Waals surface area contributed by atoms with Gasteiger partial charge in [-0.1, -0.05) is 0 Å². The molecule has 0 N–H and O–H groups in total. The molecule has 0 amide bonds. The molecule has 0 aromatic carbocycles. The molecule has 0 saturated carbocycles. The molecule has 1 rings (SSSR count). The van der Waals surface area contributed by atoms with Crippen molar-refractivity contribution in [3.8, 4) is 0 Å². The van der Waals surface area contributed by atoms with Crippen LogP contribution in [-0.4, -0.2) is 54.4 Å². The van der Waals surface area contributed by atoms with Crippen LogP contribution in [-0.2, 0) is 0 Å². The van der Waals surface area contributed by atoms with Gasteiger partial charge in [0.1, 0.15) is 0 Å². The predicted molar refractivity (Wildman–Crippen MR) is 53.8 cm³/mol. The van der Waals surface area contributed by atoms with E-state index in [1.54, 1.807) is 0 Å². The van der Waals surface area contributed by atoms with E-state index in [0.717, 1.165) is 25.5 Å². The van der Waals surface area contributed by atoms with E-state index < -0.39 is 0 Å². The van der Waals surface area contributed by atoms with Gasteiger partial charge in [-0.15, -0.1) is 11.6 Å². The normalized spacial score (nSPS) is 34.0. The lowest BCUT2D eigenvalue weighted by Crippen LogP contribution is -2.55. The molecule has 0 radical (unpaired) electrons. The van der Waals surface area contributed by atoms with E-state index >= 15 is 0 Å². The lowest BCUT2D eigenvalue weighted by Gasteiger charge is -2.42. The van der Waals surface area contributed by atoms with E-state index in [9.17, 15) is 0 Å². The van der Waals surface area contributed by atoms with Crippen LogP contribution in [0.3, 0.4) is 0 Å². The number of nitrogens with zero attached hydrogens (tertiary/aromatic N) is 2. The van der Waals surface area contributed by atoms with Gasteiger partial charge in [0.25, 0.3) is 0 Å². The van der Waals surface area contributed by atoms with Crippen molar-refractivity contribution in [2.45, 2.75) is 25.9 Å². The first-order valence-electron chi connectivity index (χ1n) is 4.65. The van der Waals surface area contributed by atoms with Crippen LogP contribution >= 0.6 is 11.6 Å². The maximum atomic E-state index is 5.71. The second-order valence-corrected chi connectivity index (χ2v) is 4.19. The minimum absolute atomic E-state index is 0.664. The quantitative estimate of drug-likeness (QED) is 0.605. The number of piperazine rings is 1. The van der Waals surface area contributed by atoms with Crippen molar-refractivity contribution in [1.82, 2.24) is 9.80 Å². The van der Waals surface area contributed by atoms with Gasteiger partial charge in [0.05, 0.1) is 0 Å². The molecule has 3 heteroatoms. The Bertz CT molecular complexity index is 128. The Kier molecular flexibility index (Phi) is 3.81. The highest BCUT2D eigenvalue weighted by atomic mass is 35.5. The molecule has 0 unspecified atom stereocenters. The number of hydrogen-bond acceptors (Lipinski definition) is 2. The Morgan fingerprint density at radius 2 is 1.75 bits per heavy atom. The summed E-state index contributed by atoms with van der Waals surface area (Å²) in [7, 11) is 2.20. The van der Waals surface area contributed by atoms with Gasteiger partial charge < -0.3 is 0 Å². The van der Waals surface area contributed by atoms with Crippen LogP contribution in [0.1, 0.15) is 13.8 Å². The van der Waals surface area contributed by atoms with Crippen molar-refractivity contribution in [3.63, 3.8) is 0 Å². The third kappa shape index (κ3) is 2.35. The SMILES string of the molecule is C[C@@H]1CN(CCCl)C[C@H](C)N1C. The molecule has 0 aliphatic carbocycles. The molecule has 0 aromatic heterocycles. The molecule has 0 bridgehead atoms. The summed E-state index contributed by atoms with van der Waals surface area (Å²) in [6.07, 6.45) is 0. The monoisotopic (exact) mass is 190 g/mol. The Morgan fingerprint density at radius 3 is 2.17 bits per heavy atom. The minimum Gasteiger partial charge on any atom is -0.299 e. The van der Waals surface area contributed by atoms with Gasteiger partial charge in [0.15, 0.2) is 0 Å². The zero-order valence-electron chi connectivity index (χ0n) is 8.26. The lowest BCUT2D eigenvalue weighted by atomic mass is 10.1. The van der Waals surface area contributed by atoms with Gasteiger partial charge >= 0.3 is 0 Å². The number of likely N-dealkylation sites (N-methyl/N-ethyl adjacent to an activating group) is 1. The van der Waals surface area contributed by atoms with Crippen LogP contribution in [0.4, 0.5) is 0 Å². The standard InChI is InChI=1S/C9H19ClN2/c1-8-6-12(5-4-10)7-9(2)11(8)3/h8-9H,4-7H2,1-3H3/t8-,9+. The third-order valence-corrected chi connectivity index (χ3v) is 3.01. The van der Waals surface area contributed by atoms with Gasteiger partial charge in [0.2, 0.25) is 0 Å². The van der Waals surface area contributed by atoms with Crippen LogP contribution in [0, 0.1) is 0 Å². The molecule has 0 spiro atoms. The van der Waals surface area contributed by atoms with E-state index in [1.165, 1.54) is 0 Å². The molecule has 1 aliphatic heterocycles. The zero-order chi connectivity index (χ0) is 9.14. The number of alkyl halides is 1. The third-order valence-electron chi connectivity index (χ3n) is 2.84. The Hall–Kier alpha value is 0.210. The van der Waals surface area contributed by atoms with Crippen LogP contribution in [0.2, 0.25) is 0 Å². The molecule has 0 aromatic rings. The van der Waals surface area contributed by atoms with E-state index in [0.29, 0.717) is 12.1 Å². The molecular formula is C9H19ClN2. The van der Waals surface area contributed by atoms with E-state index in [4.69, 9.17) is 11.6 Å². The summed E-state index contributed by atoms with van der Waals surface area (Å²) < 4.78 is 0. The first-order chi connectivity index (χ1) is 5.65. The van der Waals surface area contributed by atoms with Crippen LogP contribution < -0.4 is 0 Å². The Morgan fingerprint density at radius 1 is 1.25 bits per heavy atom. The van der Waals surface area contributed by atoms with Crippen molar-refractivity contribution >= 4 is 11.6 Å².